The molecule has 0 saturated heterocycles. The van der Waals surface area contributed by atoms with Crippen molar-refractivity contribution in [3.8, 4) is 11.5 Å². The molecule has 0 fully saturated rings. The molecular weight excluding hydrogens is 422 g/mol. The van der Waals surface area contributed by atoms with E-state index in [9.17, 15) is 18.4 Å². The third-order valence-electron chi connectivity index (χ3n) is 4.01. The highest BCUT2D eigenvalue weighted by molar-refractivity contribution is 6.05. The minimum absolute atomic E-state index is 0.00486. The van der Waals surface area contributed by atoms with Crippen LogP contribution in [0.5, 0.6) is 11.5 Å². The van der Waals surface area contributed by atoms with Crippen LogP contribution >= 0.6 is 0 Å². The van der Waals surface area contributed by atoms with Crippen LogP contribution in [0.4, 0.5) is 8.78 Å². The lowest BCUT2D eigenvalue weighted by molar-refractivity contribution is -0.117. The van der Waals surface area contributed by atoms with Crippen LogP contribution in [0.25, 0.3) is 6.08 Å². The molecule has 172 valence electrons. The molecule has 0 spiro atoms. The van der Waals surface area contributed by atoms with Crippen LogP contribution in [-0.4, -0.2) is 43.3 Å². The van der Waals surface area contributed by atoms with Gasteiger partial charge in [0.05, 0.1) is 13.2 Å². The van der Waals surface area contributed by atoms with Crippen LogP contribution in [0.1, 0.15) is 29.8 Å². The highest BCUT2D eigenvalue weighted by Crippen LogP contribution is 2.17. The summed E-state index contributed by atoms with van der Waals surface area (Å²) >= 11 is 0. The van der Waals surface area contributed by atoms with Gasteiger partial charge < -0.3 is 25.2 Å². The summed E-state index contributed by atoms with van der Waals surface area (Å²) in [6.07, 6.45) is 1.39. The molecule has 0 bridgehead atoms. The smallest absolute Gasteiger partial charge is 0.387 e. The second kappa shape index (κ2) is 12.4. The molecule has 0 unspecified atom stereocenters. The van der Waals surface area contributed by atoms with Crippen LogP contribution in [-0.2, 0) is 4.79 Å². The number of carbonyl (C=O) groups is 2. The van der Waals surface area contributed by atoms with Crippen molar-refractivity contribution in [3.63, 3.8) is 0 Å². The second-order valence-corrected chi connectivity index (χ2v) is 7.17. The van der Waals surface area contributed by atoms with Crippen LogP contribution in [0.15, 0.2) is 54.2 Å². The highest BCUT2D eigenvalue weighted by atomic mass is 19.3. The zero-order chi connectivity index (χ0) is 23.5. The van der Waals surface area contributed by atoms with Crippen molar-refractivity contribution in [3.05, 3.63) is 65.4 Å². The first-order chi connectivity index (χ1) is 15.3. The monoisotopic (exact) mass is 448 g/mol. The molecule has 3 N–H and O–H groups in total. The summed E-state index contributed by atoms with van der Waals surface area (Å²) in [5, 5.41) is 14.0. The molecule has 0 saturated carbocycles. The molecule has 0 aromatic heterocycles. The largest absolute Gasteiger partial charge is 0.493 e. The Morgan fingerprint density at radius 3 is 2.22 bits per heavy atom. The van der Waals surface area contributed by atoms with E-state index >= 15 is 0 Å². The van der Waals surface area contributed by atoms with E-state index in [-0.39, 0.29) is 24.6 Å². The summed E-state index contributed by atoms with van der Waals surface area (Å²) in [6, 6.07) is 12.0. The molecule has 2 aromatic rings. The topological polar surface area (TPSA) is 96.9 Å². The van der Waals surface area contributed by atoms with E-state index in [1.54, 1.807) is 24.3 Å². The molecular formula is C23H26F2N2O5. The van der Waals surface area contributed by atoms with Crippen molar-refractivity contribution in [2.24, 2.45) is 5.92 Å². The Balaban J connectivity index is 2.16. The third-order valence-corrected chi connectivity index (χ3v) is 4.01. The van der Waals surface area contributed by atoms with Gasteiger partial charge >= 0.3 is 6.61 Å². The summed E-state index contributed by atoms with van der Waals surface area (Å²) in [5.41, 5.74) is 0.702. The predicted octanol–water partition coefficient (Wildman–Crippen LogP) is 3.20. The molecule has 2 rings (SSSR count). The Kier molecular flexibility index (Phi) is 9.62. The quantitative estimate of drug-likeness (QED) is 0.459. The minimum Gasteiger partial charge on any atom is -0.493 e. The number of carbonyl (C=O) groups excluding carboxylic acids is 2. The van der Waals surface area contributed by atoms with Crippen molar-refractivity contribution in [1.82, 2.24) is 10.6 Å². The van der Waals surface area contributed by atoms with Crippen molar-refractivity contribution in [2.45, 2.75) is 20.5 Å². The Labute approximate surface area is 185 Å². The number of benzene rings is 2. The maximum atomic E-state index is 12.7. The van der Waals surface area contributed by atoms with Gasteiger partial charge in [0.2, 0.25) is 0 Å². The van der Waals surface area contributed by atoms with Crippen molar-refractivity contribution >= 4 is 17.9 Å². The van der Waals surface area contributed by atoms with Crippen molar-refractivity contribution in [2.75, 3.05) is 19.8 Å². The van der Waals surface area contributed by atoms with E-state index in [0.717, 1.165) is 0 Å². The lowest BCUT2D eigenvalue weighted by Crippen LogP contribution is -2.36. The molecule has 0 radical (unpaired) electrons. The first kappa shape index (κ1) is 24.8. The molecule has 0 aliphatic heterocycles. The summed E-state index contributed by atoms with van der Waals surface area (Å²) in [5.74, 6) is -0.190. The average molecular weight is 448 g/mol. The zero-order valence-electron chi connectivity index (χ0n) is 17.8. The molecule has 0 aliphatic rings. The lowest BCUT2D eigenvalue weighted by Gasteiger charge is -2.12. The van der Waals surface area contributed by atoms with Gasteiger partial charge in [0, 0.05) is 12.1 Å². The minimum atomic E-state index is -2.95. The van der Waals surface area contributed by atoms with Gasteiger partial charge in [0.25, 0.3) is 11.8 Å². The number of alkyl halides is 2. The standard InChI is InChI=1S/C23H26F2N2O5/c1-15(2)14-31-18-9-5-17(6-10-18)21(29)27-20(22(30)26-11-12-28)13-16-3-7-19(8-4-16)32-23(24)25/h3-10,13,15,23,28H,11-12,14H2,1-2H3,(H,26,30)(H,27,29). The number of amides is 2. The maximum absolute atomic E-state index is 12.7. The first-order valence-corrected chi connectivity index (χ1v) is 9.98. The van der Waals surface area contributed by atoms with Gasteiger partial charge in [-0.05, 0) is 54.0 Å². The number of halogens is 2. The van der Waals surface area contributed by atoms with Crippen LogP contribution < -0.4 is 20.1 Å². The summed E-state index contributed by atoms with van der Waals surface area (Å²) in [6.45, 7) is 1.37. The summed E-state index contributed by atoms with van der Waals surface area (Å²) in [4.78, 5) is 25.1. The molecule has 9 heteroatoms. The van der Waals surface area contributed by atoms with E-state index in [0.29, 0.717) is 29.4 Å². The normalized spacial score (nSPS) is 11.4. The lowest BCUT2D eigenvalue weighted by atomic mass is 10.1. The Morgan fingerprint density at radius 1 is 1.03 bits per heavy atom. The second-order valence-electron chi connectivity index (χ2n) is 7.17. The van der Waals surface area contributed by atoms with Crippen LogP contribution in [0.2, 0.25) is 0 Å². The molecule has 0 aliphatic carbocycles. The number of hydrogen-bond donors (Lipinski definition) is 3. The predicted molar refractivity (Wildman–Crippen MR) is 115 cm³/mol. The van der Waals surface area contributed by atoms with Crippen LogP contribution in [0, 0.1) is 5.92 Å². The maximum Gasteiger partial charge on any atom is 0.387 e. The molecule has 0 heterocycles. The molecule has 2 aromatic carbocycles. The van der Waals surface area contributed by atoms with E-state index < -0.39 is 18.4 Å². The van der Waals surface area contributed by atoms with Gasteiger partial charge in [-0.1, -0.05) is 26.0 Å². The number of rotatable bonds is 11. The Hall–Kier alpha value is -3.46. The fourth-order valence-electron chi connectivity index (χ4n) is 2.50. The zero-order valence-corrected chi connectivity index (χ0v) is 17.8. The average Bonchev–Trinajstić information content (AvgIpc) is 2.76. The number of aliphatic hydroxyl groups excluding tert-OH is 1. The van der Waals surface area contributed by atoms with Gasteiger partial charge in [0.1, 0.15) is 17.2 Å². The third kappa shape index (κ3) is 8.35. The van der Waals surface area contributed by atoms with Crippen molar-refractivity contribution < 1.29 is 33.0 Å². The molecule has 7 nitrogen and oxygen atoms in total. The number of ether oxygens (including phenoxy) is 2. The van der Waals surface area contributed by atoms with Gasteiger partial charge in [-0.25, -0.2) is 0 Å². The molecule has 0 atom stereocenters. The molecule has 2 amide bonds. The van der Waals surface area contributed by atoms with E-state index in [1.165, 1.54) is 30.3 Å². The van der Waals surface area contributed by atoms with E-state index in [1.807, 2.05) is 13.8 Å². The van der Waals surface area contributed by atoms with E-state index in [2.05, 4.69) is 15.4 Å². The van der Waals surface area contributed by atoms with Crippen LogP contribution in [0.3, 0.4) is 0 Å². The number of nitrogens with one attached hydrogen (secondary N) is 2. The van der Waals surface area contributed by atoms with Gasteiger partial charge in [-0.2, -0.15) is 8.78 Å². The van der Waals surface area contributed by atoms with E-state index in [4.69, 9.17) is 9.84 Å². The van der Waals surface area contributed by atoms with Gasteiger partial charge in [-0.3, -0.25) is 9.59 Å². The van der Waals surface area contributed by atoms with Crippen molar-refractivity contribution in [1.29, 1.82) is 0 Å². The SMILES string of the molecule is CC(C)COc1ccc(C(=O)NC(=Cc2ccc(OC(F)F)cc2)C(=O)NCCO)cc1. The fourth-order valence-corrected chi connectivity index (χ4v) is 2.50. The number of hydrogen-bond acceptors (Lipinski definition) is 5. The number of aliphatic hydroxyl groups is 1. The Morgan fingerprint density at radius 2 is 1.66 bits per heavy atom. The fraction of sp³-hybridized carbons (Fsp3) is 0.304. The Bertz CT molecular complexity index is 913. The molecule has 32 heavy (non-hydrogen) atoms. The summed E-state index contributed by atoms with van der Waals surface area (Å²) in [7, 11) is 0. The summed E-state index contributed by atoms with van der Waals surface area (Å²) < 4.78 is 34.5. The van der Waals surface area contributed by atoms with Gasteiger partial charge in [-0.15, -0.1) is 0 Å². The first-order valence-electron chi connectivity index (χ1n) is 9.98. The highest BCUT2D eigenvalue weighted by Gasteiger charge is 2.15. The van der Waals surface area contributed by atoms with Gasteiger partial charge in [0.15, 0.2) is 0 Å².